The molecule has 0 radical (unpaired) electrons. The van der Waals surface area contributed by atoms with E-state index in [2.05, 4.69) is 19.3 Å². The number of ketones is 1. The lowest BCUT2D eigenvalue weighted by atomic mass is 9.83. The van der Waals surface area contributed by atoms with Crippen molar-refractivity contribution in [3.63, 3.8) is 0 Å². The quantitative estimate of drug-likeness (QED) is 0.417. The summed E-state index contributed by atoms with van der Waals surface area (Å²) in [7, 11) is 0. The summed E-state index contributed by atoms with van der Waals surface area (Å²) in [6.45, 7) is 10.4. The Kier molecular flexibility index (Phi) is 10.7. The first-order valence-corrected chi connectivity index (χ1v) is 10.7. The van der Waals surface area contributed by atoms with E-state index in [4.69, 9.17) is 9.57 Å². The van der Waals surface area contributed by atoms with Crippen molar-refractivity contribution in [3.8, 4) is 0 Å². The van der Waals surface area contributed by atoms with Crippen LogP contribution in [0.5, 0.6) is 0 Å². The van der Waals surface area contributed by atoms with E-state index in [0.717, 1.165) is 18.6 Å². The van der Waals surface area contributed by atoms with Gasteiger partial charge in [-0.3, -0.25) is 19.9 Å². The van der Waals surface area contributed by atoms with Crippen LogP contribution in [0, 0.1) is 5.92 Å². The summed E-state index contributed by atoms with van der Waals surface area (Å²) in [6.07, 6.45) is 4.95. The number of hydrogen-bond donors (Lipinski definition) is 1. The third-order valence-electron chi connectivity index (χ3n) is 4.15. The van der Waals surface area contributed by atoms with Crippen LogP contribution in [0.25, 0.3) is 0 Å². The molecule has 0 aromatic carbocycles. The number of hydroxylamine groups is 1. The van der Waals surface area contributed by atoms with Gasteiger partial charge in [-0.25, -0.2) is 0 Å². The van der Waals surface area contributed by atoms with Crippen LogP contribution >= 0.6 is 11.8 Å². The van der Waals surface area contributed by atoms with E-state index in [1.807, 2.05) is 31.7 Å². The predicted molar refractivity (Wildman–Crippen MR) is 106 cm³/mol. The molecule has 0 amide bonds. The topological polar surface area (TPSA) is 64.6 Å². The van der Waals surface area contributed by atoms with Gasteiger partial charge in [0.25, 0.3) is 0 Å². The smallest absolute Gasteiger partial charge is 0.310 e. The standard InChI is InChI=1S/C20H33NO4S/c1-6-10-16(21-24-8-3)20-17(22)12-15(11-14(5)26-9-4)13-18(20)25-19(23)7-2/h10,14-15,21H,6-9,11-13H2,1-5H3. The maximum Gasteiger partial charge on any atom is 0.310 e. The number of Topliss-reactive ketones (excluding diaryl/α,β-unsaturated/α-hetero) is 1. The fourth-order valence-corrected chi connectivity index (χ4v) is 4.07. The molecule has 0 aromatic rings. The molecule has 0 aliphatic heterocycles. The molecular weight excluding hydrogens is 350 g/mol. The second kappa shape index (κ2) is 12.2. The number of allylic oxidation sites excluding steroid dienone is 3. The van der Waals surface area contributed by atoms with E-state index in [1.165, 1.54) is 0 Å². The zero-order valence-electron chi connectivity index (χ0n) is 16.7. The normalized spacial score (nSPS) is 19.5. The molecule has 0 fully saturated rings. The molecule has 148 valence electrons. The lowest BCUT2D eigenvalue weighted by Gasteiger charge is -2.28. The van der Waals surface area contributed by atoms with Gasteiger partial charge in [0.1, 0.15) is 5.76 Å². The van der Waals surface area contributed by atoms with E-state index in [9.17, 15) is 9.59 Å². The molecule has 0 saturated heterocycles. The predicted octanol–water partition coefficient (Wildman–Crippen LogP) is 4.54. The Morgan fingerprint density at radius 2 is 2.04 bits per heavy atom. The van der Waals surface area contributed by atoms with Crippen molar-refractivity contribution in [3.05, 3.63) is 23.1 Å². The highest BCUT2D eigenvalue weighted by Gasteiger charge is 2.32. The van der Waals surface area contributed by atoms with Crippen LogP contribution in [-0.2, 0) is 19.2 Å². The zero-order chi connectivity index (χ0) is 19.5. The number of rotatable bonds is 11. The number of thioether (sulfide) groups is 1. The number of carbonyl (C=O) groups is 2. The first-order chi connectivity index (χ1) is 12.5. The first kappa shape index (κ1) is 22.8. The lowest BCUT2D eigenvalue weighted by molar-refractivity contribution is -0.139. The van der Waals surface area contributed by atoms with E-state index in [1.54, 1.807) is 6.92 Å². The second-order valence-corrected chi connectivity index (χ2v) is 8.10. The third kappa shape index (κ3) is 7.16. The maximum absolute atomic E-state index is 12.9. The first-order valence-electron chi connectivity index (χ1n) is 9.63. The Morgan fingerprint density at radius 3 is 2.62 bits per heavy atom. The summed E-state index contributed by atoms with van der Waals surface area (Å²) in [5.74, 6) is 1.45. The van der Waals surface area contributed by atoms with Gasteiger partial charge in [0.2, 0.25) is 0 Å². The van der Waals surface area contributed by atoms with Gasteiger partial charge in [-0.1, -0.05) is 33.8 Å². The van der Waals surface area contributed by atoms with Crippen LogP contribution in [0.1, 0.15) is 66.7 Å². The largest absolute Gasteiger partial charge is 0.430 e. The number of ether oxygens (including phenoxy) is 1. The molecule has 26 heavy (non-hydrogen) atoms. The Balaban J connectivity index is 3.13. The minimum atomic E-state index is -0.311. The molecule has 2 unspecified atom stereocenters. The van der Waals surface area contributed by atoms with Gasteiger partial charge in [-0.15, -0.1) is 0 Å². The van der Waals surface area contributed by atoms with Crippen molar-refractivity contribution < 1.29 is 19.2 Å². The van der Waals surface area contributed by atoms with Gasteiger partial charge < -0.3 is 4.74 Å². The third-order valence-corrected chi connectivity index (χ3v) is 5.25. The van der Waals surface area contributed by atoms with Crippen molar-refractivity contribution in [2.24, 2.45) is 5.92 Å². The highest BCUT2D eigenvalue weighted by atomic mass is 32.2. The monoisotopic (exact) mass is 383 g/mol. The Morgan fingerprint density at radius 1 is 1.31 bits per heavy atom. The summed E-state index contributed by atoms with van der Waals surface area (Å²) < 4.78 is 5.58. The average Bonchev–Trinajstić information content (AvgIpc) is 2.59. The van der Waals surface area contributed by atoms with Crippen molar-refractivity contribution >= 4 is 23.5 Å². The summed E-state index contributed by atoms with van der Waals surface area (Å²) in [4.78, 5) is 30.1. The van der Waals surface area contributed by atoms with Crippen LogP contribution in [0.15, 0.2) is 23.1 Å². The van der Waals surface area contributed by atoms with E-state index < -0.39 is 0 Å². The van der Waals surface area contributed by atoms with Gasteiger partial charge in [0.15, 0.2) is 5.78 Å². The zero-order valence-corrected chi connectivity index (χ0v) is 17.5. The van der Waals surface area contributed by atoms with Gasteiger partial charge in [0, 0.05) is 24.5 Å². The number of hydrogen-bond acceptors (Lipinski definition) is 6. The summed E-state index contributed by atoms with van der Waals surface area (Å²) in [6, 6.07) is 0. The number of esters is 1. The maximum atomic E-state index is 12.9. The van der Waals surface area contributed by atoms with Crippen molar-refractivity contribution in [2.75, 3.05) is 12.4 Å². The van der Waals surface area contributed by atoms with Crippen LogP contribution in [0.4, 0.5) is 0 Å². The molecule has 0 bridgehead atoms. The fraction of sp³-hybridized carbons (Fsp3) is 0.700. The lowest BCUT2D eigenvalue weighted by Crippen LogP contribution is -2.28. The minimum Gasteiger partial charge on any atom is -0.430 e. The van der Waals surface area contributed by atoms with Gasteiger partial charge in [0.05, 0.1) is 17.9 Å². The molecule has 0 aromatic heterocycles. The second-order valence-electron chi connectivity index (χ2n) is 6.39. The van der Waals surface area contributed by atoms with E-state index in [0.29, 0.717) is 41.7 Å². The molecular formula is C20H33NO4S. The van der Waals surface area contributed by atoms with Crippen LogP contribution in [-0.4, -0.2) is 29.4 Å². The Labute approximate surface area is 161 Å². The van der Waals surface area contributed by atoms with E-state index >= 15 is 0 Å². The molecule has 0 heterocycles. The SMILES string of the molecule is CCC=C(NOCC)C1=C(OC(=O)CC)CC(CC(C)SCC)CC1=O. The van der Waals surface area contributed by atoms with Crippen molar-refractivity contribution in [1.82, 2.24) is 5.48 Å². The highest BCUT2D eigenvalue weighted by Crippen LogP contribution is 2.35. The van der Waals surface area contributed by atoms with Crippen molar-refractivity contribution in [2.45, 2.75) is 72.0 Å². The average molecular weight is 384 g/mol. The molecule has 1 rings (SSSR count). The van der Waals surface area contributed by atoms with Gasteiger partial charge in [-0.2, -0.15) is 11.8 Å². The molecule has 6 heteroatoms. The molecule has 5 nitrogen and oxygen atoms in total. The number of carbonyl (C=O) groups excluding carboxylic acids is 2. The van der Waals surface area contributed by atoms with E-state index in [-0.39, 0.29) is 24.1 Å². The Bertz CT molecular complexity index is 542. The summed E-state index contributed by atoms with van der Waals surface area (Å²) >= 11 is 1.89. The van der Waals surface area contributed by atoms with Crippen LogP contribution in [0.2, 0.25) is 0 Å². The summed E-state index contributed by atoms with van der Waals surface area (Å²) in [5.41, 5.74) is 3.93. The van der Waals surface area contributed by atoms with Crippen molar-refractivity contribution in [1.29, 1.82) is 0 Å². The van der Waals surface area contributed by atoms with Crippen LogP contribution < -0.4 is 5.48 Å². The van der Waals surface area contributed by atoms with Gasteiger partial charge in [-0.05, 0) is 31.4 Å². The highest BCUT2D eigenvalue weighted by molar-refractivity contribution is 7.99. The fourth-order valence-electron chi connectivity index (χ4n) is 3.10. The molecule has 2 atom stereocenters. The summed E-state index contributed by atoms with van der Waals surface area (Å²) in [5, 5.41) is 0.481. The minimum absolute atomic E-state index is 0.0146. The molecule has 1 aliphatic rings. The Hall–Kier alpha value is -1.27. The molecule has 0 spiro atoms. The molecule has 1 N–H and O–H groups in total. The molecule has 0 saturated carbocycles. The number of nitrogens with one attached hydrogen (secondary N) is 1. The molecule has 1 aliphatic carbocycles. The van der Waals surface area contributed by atoms with Gasteiger partial charge >= 0.3 is 5.97 Å². The van der Waals surface area contributed by atoms with Crippen LogP contribution in [0.3, 0.4) is 0 Å².